The quantitative estimate of drug-likeness (QED) is 0.147. The summed E-state index contributed by atoms with van der Waals surface area (Å²) < 4.78 is 99.8. The summed E-state index contributed by atoms with van der Waals surface area (Å²) >= 11 is 0. The van der Waals surface area contributed by atoms with Gasteiger partial charge in [0.2, 0.25) is 0 Å². The number of hydrogen-bond acceptors (Lipinski definition) is 2. The summed E-state index contributed by atoms with van der Waals surface area (Å²) in [5.41, 5.74) is -4.77. The summed E-state index contributed by atoms with van der Waals surface area (Å²) in [4.78, 5) is 0. The van der Waals surface area contributed by atoms with Gasteiger partial charge < -0.3 is 0 Å². The Kier molecular flexibility index (Phi) is 6.14. The summed E-state index contributed by atoms with van der Waals surface area (Å²) in [7, 11) is 0. The van der Waals surface area contributed by atoms with Crippen LogP contribution in [0.15, 0.2) is 146 Å². The zero-order chi connectivity index (χ0) is 30.9. The molecule has 0 aromatic heterocycles. The number of anilines is 1. The average Bonchev–Trinajstić information content (AvgIpc) is 3.33. The molecule has 0 aliphatic carbocycles. The van der Waals surface area contributed by atoms with Crippen LogP contribution in [-0.2, 0) is 15.7 Å². The van der Waals surface area contributed by atoms with Gasteiger partial charge in [0.05, 0.1) is 0 Å². The van der Waals surface area contributed by atoms with E-state index in [0.717, 1.165) is 17.2 Å². The third-order valence-corrected chi connectivity index (χ3v) is 14.9. The first-order chi connectivity index (χ1) is 21.0. The Morgan fingerprint density at radius 3 is 1.48 bits per heavy atom. The molecule has 0 N–H and O–H groups in total. The molecule has 2 nitrogen and oxygen atoms in total. The van der Waals surface area contributed by atoms with E-state index >= 15 is 26.3 Å². The van der Waals surface area contributed by atoms with Crippen molar-refractivity contribution in [3.63, 3.8) is 0 Å². The second-order valence-corrected chi connectivity index (χ2v) is 15.4. The second-order valence-electron chi connectivity index (χ2n) is 11.2. The van der Waals surface area contributed by atoms with Gasteiger partial charge in [0, 0.05) is 0 Å². The Hall–Kier alpha value is -4.13. The first-order valence-electron chi connectivity index (χ1n) is 14.0. The minimum atomic E-state index is -5.82. The second kappa shape index (κ2) is 9.43. The molecule has 2 heterocycles. The van der Waals surface area contributed by atoms with Gasteiger partial charge >= 0.3 is 251 Å². The maximum atomic E-state index is 15.3. The van der Waals surface area contributed by atoms with Crippen molar-refractivity contribution in [3.8, 4) is 0 Å². The van der Waals surface area contributed by atoms with Gasteiger partial charge in [0.25, 0.3) is 0 Å². The fraction of sp³-hybridized carbons (Fsp3) is 0.143. The van der Waals surface area contributed by atoms with E-state index in [1.165, 1.54) is 18.2 Å². The Morgan fingerprint density at radius 2 is 0.977 bits per heavy atom. The van der Waals surface area contributed by atoms with E-state index in [-0.39, 0.29) is 16.8 Å². The van der Waals surface area contributed by atoms with Crippen molar-refractivity contribution in [1.82, 2.24) is 0 Å². The van der Waals surface area contributed by atoms with Gasteiger partial charge in [0.1, 0.15) is 0 Å². The predicted molar refractivity (Wildman–Crippen MR) is 161 cm³/mol. The number of alkyl halides is 6. The summed E-state index contributed by atoms with van der Waals surface area (Å²) in [5, 5.41) is 0.207. The van der Waals surface area contributed by atoms with Gasteiger partial charge in [-0.2, -0.15) is 0 Å². The van der Waals surface area contributed by atoms with Crippen molar-refractivity contribution in [2.45, 2.75) is 23.5 Å². The molecule has 0 bridgehead atoms. The van der Waals surface area contributed by atoms with E-state index in [4.69, 9.17) is 4.52 Å². The first-order valence-corrected chi connectivity index (χ1v) is 16.3. The topological polar surface area (TPSA) is 12.5 Å². The molecule has 0 saturated carbocycles. The van der Waals surface area contributed by atoms with Crippen LogP contribution in [0.5, 0.6) is 0 Å². The third kappa shape index (κ3) is 3.41. The van der Waals surface area contributed by atoms with Gasteiger partial charge in [-0.15, -0.1) is 0 Å². The molecular formula is C35H26F6NOP. The van der Waals surface area contributed by atoms with E-state index < -0.39 is 36.0 Å². The van der Waals surface area contributed by atoms with Crippen molar-refractivity contribution in [2.75, 3.05) is 10.8 Å². The first kappa shape index (κ1) is 28.6. The van der Waals surface area contributed by atoms with Crippen LogP contribution in [0.1, 0.15) is 16.7 Å². The van der Waals surface area contributed by atoms with Gasteiger partial charge in [0.15, 0.2) is 0 Å². The van der Waals surface area contributed by atoms with Crippen LogP contribution in [-0.4, -0.2) is 18.5 Å². The number of rotatable bonds is 4. The fourth-order valence-corrected chi connectivity index (χ4v) is 14.6. The molecule has 44 heavy (non-hydrogen) atoms. The zero-order valence-corrected chi connectivity index (χ0v) is 24.0. The van der Waals surface area contributed by atoms with Gasteiger partial charge in [-0.3, -0.25) is 0 Å². The standard InChI is InChI=1S/C35H26F6NOP/c36-34(37,38)33(35(39,40)41)30-23-13-14-24-31(30)44(43-33,29-21-11-4-12-22-29)25-32(26-15-5-1-6-16-26,27-17-7-2-8-18-27)42(44)28-19-9-3-10-20-28/h1-24H,25H2. The predicted octanol–water partition coefficient (Wildman–Crippen LogP) is 8.83. The van der Waals surface area contributed by atoms with E-state index in [1.807, 2.05) is 60.7 Å². The number of para-hydroxylation sites is 1. The molecule has 0 atom stereocenters. The summed E-state index contributed by atoms with van der Waals surface area (Å²) in [5.74, 6) is 0. The molecule has 2 aliphatic rings. The molecule has 0 amide bonds. The average molecular weight is 622 g/mol. The monoisotopic (exact) mass is 621 g/mol. The molecule has 9 heteroatoms. The van der Waals surface area contributed by atoms with Crippen molar-refractivity contribution in [2.24, 2.45) is 0 Å². The summed E-state index contributed by atoms with van der Waals surface area (Å²) in [6, 6.07) is 40.3. The van der Waals surface area contributed by atoms with Crippen molar-refractivity contribution in [3.05, 3.63) is 162 Å². The van der Waals surface area contributed by atoms with Gasteiger partial charge in [-0.25, -0.2) is 0 Å². The van der Waals surface area contributed by atoms with E-state index in [1.54, 1.807) is 65.3 Å². The Balaban J connectivity index is 1.70. The normalized spacial score (nSPS) is 20.2. The molecule has 2 aliphatic heterocycles. The zero-order valence-electron chi connectivity index (χ0n) is 23.1. The van der Waals surface area contributed by atoms with Crippen molar-refractivity contribution >= 4 is 23.3 Å². The van der Waals surface area contributed by atoms with E-state index in [2.05, 4.69) is 0 Å². The van der Waals surface area contributed by atoms with Crippen LogP contribution in [0.3, 0.4) is 0 Å². The molecule has 7 rings (SSSR count). The van der Waals surface area contributed by atoms with Crippen molar-refractivity contribution in [1.29, 1.82) is 0 Å². The maximum absolute atomic E-state index is 15.3. The Labute approximate surface area is 250 Å². The van der Waals surface area contributed by atoms with E-state index in [9.17, 15) is 0 Å². The Bertz CT molecular complexity index is 1760. The van der Waals surface area contributed by atoms with Crippen LogP contribution < -0.4 is 15.3 Å². The van der Waals surface area contributed by atoms with Crippen LogP contribution in [0.25, 0.3) is 0 Å². The minimum absolute atomic E-state index is 0.0781. The SMILES string of the molecule is FC(F)(F)C1(C(F)(F)F)OP2(c3ccccc3)(CC(c3ccccc3)(c3ccccc3)N2c2ccccc2)c2ccccc21. The molecule has 1 saturated heterocycles. The molecule has 0 radical (unpaired) electrons. The van der Waals surface area contributed by atoms with Gasteiger partial charge in [-0.05, 0) is 0 Å². The molecule has 5 aromatic rings. The Morgan fingerprint density at radius 1 is 0.545 bits per heavy atom. The molecule has 1 fully saturated rings. The number of hydrogen-bond donors (Lipinski definition) is 0. The third-order valence-electron chi connectivity index (χ3n) is 9.01. The van der Waals surface area contributed by atoms with Crippen molar-refractivity contribution < 1.29 is 30.9 Å². The number of halogens is 6. The van der Waals surface area contributed by atoms with E-state index in [0.29, 0.717) is 5.69 Å². The molecular weight excluding hydrogens is 595 g/mol. The number of nitrogens with zero attached hydrogens (tertiary/aromatic N) is 1. The van der Waals surface area contributed by atoms with Gasteiger partial charge in [-0.1, -0.05) is 0 Å². The molecule has 5 aromatic carbocycles. The summed E-state index contributed by atoms with van der Waals surface area (Å²) in [6.07, 6.45) is -11.8. The van der Waals surface area contributed by atoms with Crippen LogP contribution in [0.2, 0.25) is 0 Å². The fourth-order valence-electron chi connectivity index (χ4n) is 7.44. The molecule has 224 valence electrons. The molecule has 0 unspecified atom stereocenters. The molecule has 1 spiro atoms. The number of fused-ring (bicyclic) bond motifs is 2. The van der Waals surface area contributed by atoms with Crippen LogP contribution in [0, 0.1) is 0 Å². The van der Waals surface area contributed by atoms with Crippen LogP contribution >= 0.6 is 6.98 Å². The number of benzene rings is 5. The van der Waals surface area contributed by atoms with Crippen LogP contribution in [0.4, 0.5) is 32.0 Å². The summed E-state index contributed by atoms with van der Waals surface area (Å²) in [6.45, 7) is -5.10.